The molecule has 14 aromatic rings. The molecule has 74 heavy (non-hydrogen) atoms. The number of nitrogens with zero attached hydrogens (tertiary/aromatic N) is 5. The minimum atomic E-state index is 0.585. The lowest BCUT2D eigenvalue weighted by Gasteiger charge is -2.18. The van der Waals surface area contributed by atoms with Crippen molar-refractivity contribution in [2.45, 2.75) is 0 Å². The van der Waals surface area contributed by atoms with E-state index in [9.17, 15) is 0 Å². The van der Waals surface area contributed by atoms with Crippen LogP contribution in [0.4, 0.5) is 0 Å². The molecule has 0 unspecified atom stereocenters. The van der Waals surface area contributed by atoms with Crippen molar-refractivity contribution in [1.29, 1.82) is 0 Å². The van der Waals surface area contributed by atoms with Crippen LogP contribution in [0.5, 0.6) is 0 Å². The Bertz CT molecular complexity index is 4050. The average molecular weight is 944 g/mol. The molecule has 11 aromatic carbocycles. The standard InChI is InChI=1S/C69H45N5/c1-4-20-46(21-5-1)49-26-18-28-51(42-49)59-44-53(38-40-65(59)73-61-34-14-10-30-55(61)56-31-11-15-35-62(56)73)68-70-67(48-24-8-3-9-25-48)71-69(72-68)54-39-41-66(74-63-36-16-12-32-57(63)58-33-13-17-37-64(58)74)60(45-54)52-29-19-27-50(43-52)47-22-6-2-7-23-47/h1-45H. The normalized spacial score (nSPS) is 11.5. The Balaban J connectivity index is 0.995. The number of para-hydroxylation sites is 4. The molecule has 0 saturated carbocycles. The van der Waals surface area contributed by atoms with Gasteiger partial charge in [0.05, 0.1) is 33.4 Å². The monoisotopic (exact) mass is 943 g/mol. The predicted octanol–water partition coefficient (Wildman–Crippen LogP) is 17.7. The molecule has 0 radical (unpaired) electrons. The lowest BCUT2D eigenvalue weighted by Crippen LogP contribution is -2.03. The zero-order valence-corrected chi connectivity index (χ0v) is 40.2. The second-order valence-corrected chi connectivity index (χ2v) is 18.8. The first-order valence-corrected chi connectivity index (χ1v) is 25.1. The minimum absolute atomic E-state index is 0.585. The maximum atomic E-state index is 5.45. The summed E-state index contributed by atoms with van der Waals surface area (Å²) in [4.78, 5) is 16.1. The molecule has 0 aliphatic rings. The molecular formula is C69H45N5. The molecule has 0 N–H and O–H groups in total. The van der Waals surface area contributed by atoms with E-state index in [4.69, 9.17) is 15.0 Å². The van der Waals surface area contributed by atoms with Crippen LogP contribution in [0.15, 0.2) is 273 Å². The first-order chi connectivity index (χ1) is 36.7. The van der Waals surface area contributed by atoms with Crippen LogP contribution in [0.3, 0.4) is 0 Å². The Morgan fingerprint density at radius 2 is 0.500 bits per heavy atom. The summed E-state index contributed by atoms with van der Waals surface area (Å²) in [6.45, 7) is 0. The van der Waals surface area contributed by atoms with Gasteiger partial charge in [0.2, 0.25) is 0 Å². The molecule has 0 spiro atoms. The first kappa shape index (κ1) is 42.9. The summed E-state index contributed by atoms with van der Waals surface area (Å²) in [5, 5.41) is 4.84. The van der Waals surface area contributed by atoms with Gasteiger partial charge in [-0.3, -0.25) is 0 Å². The van der Waals surface area contributed by atoms with E-state index in [2.05, 4.69) is 264 Å². The third-order valence-corrected chi connectivity index (χ3v) is 14.4. The Morgan fingerprint density at radius 3 is 0.878 bits per heavy atom. The van der Waals surface area contributed by atoms with Gasteiger partial charge in [-0.25, -0.2) is 15.0 Å². The largest absolute Gasteiger partial charge is 0.309 e. The highest BCUT2D eigenvalue weighted by molar-refractivity contribution is 6.11. The van der Waals surface area contributed by atoms with Crippen molar-refractivity contribution in [2.24, 2.45) is 0 Å². The zero-order chi connectivity index (χ0) is 49.0. The second kappa shape index (κ2) is 18.0. The molecule has 0 saturated heterocycles. The number of aromatic nitrogens is 5. The molecule has 5 nitrogen and oxygen atoms in total. The van der Waals surface area contributed by atoms with Gasteiger partial charge in [0.25, 0.3) is 0 Å². The molecule has 346 valence electrons. The second-order valence-electron chi connectivity index (χ2n) is 18.8. The molecule has 0 atom stereocenters. The van der Waals surface area contributed by atoms with Gasteiger partial charge < -0.3 is 9.13 Å². The SMILES string of the molecule is c1ccc(-c2cccc(-c3cc(-c4nc(-c5ccccc5)nc(-c5ccc(-n6c7ccccc7c7ccccc76)c(-c6cccc(-c7ccccc7)c6)c5)n4)ccc3-n3c4ccccc4c4ccccc43)c2)cc1. The number of hydrogen-bond donors (Lipinski definition) is 0. The maximum absolute atomic E-state index is 5.45. The Labute approximate surface area is 428 Å². The van der Waals surface area contributed by atoms with Gasteiger partial charge >= 0.3 is 0 Å². The number of hydrogen-bond acceptors (Lipinski definition) is 3. The highest BCUT2D eigenvalue weighted by Crippen LogP contribution is 2.42. The Hall–Kier alpha value is -9.97. The van der Waals surface area contributed by atoms with Crippen LogP contribution in [0, 0.1) is 0 Å². The van der Waals surface area contributed by atoms with Gasteiger partial charge in [0.1, 0.15) is 0 Å². The third kappa shape index (κ3) is 7.46. The lowest BCUT2D eigenvalue weighted by molar-refractivity contribution is 1.07. The fraction of sp³-hybridized carbons (Fsp3) is 0. The topological polar surface area (TPSA) is 48.5 Å². The van der Waals surface area contributed by atoms with E-state index >= 15 is 0 Å². The van der Waals surface area contributed by atoms with E-state index in [1.54, 1.807) is 0 Å². The summed E-state index contributed by atoms with van der Waals surface area (Å²) in [5.41, 5.74) is 18.3. The third-order valence-electron chi connectivity index (χ3n) is 14.4. The van der Waals surface area contributed by atoms with Gasteiger partial charge in [-0.2, -0.15) is 0 Å². The minimum Gasteiger partial charge on any atom is -0.309 e. The summed E-state index contributed by atoms with van der Waals surface area (Å²) in [5.74, 6) is 1.77. The van der Waals surface area contributed by atoms with Crippen molar-refractivity contribution in [3.8, 4) is 90.0 Å². The fourth-order valence-corrected chi connectivity index (χ4v) is 10.9. The molecule has 0 aliphatic heterocycles. The molecule has 0 aliphatic carbocycles. The molecule has 0 bridgehead atoms. The van der Waals surface area contributed by atoms with Crippen LogP contribution in [0.2, 0.25) is 0 Å². The van der Waals surface area contributed by atoms with Gasteiger partial charge in [-0.15, -0.1) is 0 Å². The van der Waals surface area contributed by atoms with Crippen LogP contribution in [-0.2, 0) is 0 Å². The van der Waals surface area contributed by atoms with Crippen molar-refractivity contribution >= 4 is 43.6 Å². The van der Waals surface area contributed by atoms with Crippen molar-refractivity contribution in [1.82, 2.24) is 24.1 Å². The summed E-state index contributed by atoms with van der Waals surface area (Å²) in [6.07, 6.45) is 0. The number of fused-ring (bicyclic) bond motifs is 6. The zero-order valence-electron chi connectivity index (χ0n) is 40.2. The number of benzene rings is 11. The molecule has 3 heterocycles. The predicted molar refractivity (Wildman–Crippen MR) is 307 cm³/mol. The maximum Gasteiger partial charge on any atom is 0.164 e. The summed E-state index contributed by atoms with van der Waals surface area (Å²) < 4.78 is 4.81. The van der Waals surface area contributed by atoms with E-state index in [1.165, 1.54) is 21.5 Å². The highest BCUT2D eigenvalue weighted by atomic mass is 15.0. The van der Waals surface area contributed by atoms with E-state index in [0.29, 0.717) is 17.5 Å². The number of rotatable bonds is 9. The van der Waals surface area contributed by atoms with E-state index in [0.717, 1.165) is 94.6 Å². The van der Waals surface area contributed by atoms with Crippen molar-refractivity contribution in [3.05, 3.63) is 273 Å². The smallest absolute Gasteiger partial charge is 0.164 e. The summed E-state index contributed by atoms with van der Waals surface area (Å²) in [6, 6.07) is 97.2. The fourth-order valence-electron chi connectivity index (χ4n) is 10.9. The molecule has 5 heteroatoms. The van der Waals surface area contributed by atoms with Gasteiger partial charge in [0.15, 0.2) is 17.5 Å². The molecular weight excluding hydrogens is 899 g/mol. The molecule has 0 fully saturated rings. The quantitative estimate of drug-likeness (QED) is 0.145. The van der Waals surface area contributed by atoms with Crippen molar-refractivity contribution in [2.75, 3.05) is 0 Å². The van der Waals surface area contributed by atoms with Crippen molar-refractivity contribution < 1.29 is 0 Å². The molecule has 0 amide bonds. The van der Waals surface area contributed by atoms with Crippen LogP contribution in [-0.4, -0.2) is 24.1 Å². The highest BCUT2D eigenvalue weighted by Gasteiger charge is 2.22. The van der Waals surface area contributed by atoms with Gasteiger partial charge in [0, 0.05) is 49.4 Å². The van der Waals surface area contributed by atoms with E-state index in [-0.39, 0.29) is 0 Å². The van der Waals surface area contributed by atoms with E-state index < -0.39 is 0 Å². The summed E-state index contributed by atoms with van der Waals surface area (Å²) >= 11 is 0. The van der Waals surface area contributed by atoms with Crippen LogP contribution in [0.1, 0.15) is 0 Å². The molecule has 14 rings (SSSR count). The van der Waals surface area contributed by atoms with Crippen LogP contribution >= 0.6 is 0 Å². The van der Waals surface area contributed by atoms with Crippen LogP contribution < -0.4 is 0 Å². The average Bonchev–Trinajstić information content (AvgIpc) is 4.03. The Morgan fingerprint density at radius 1 is 0.203 bits per heavy atom. The van der Waals surface area contributed by atoms with Gasteiger partial charge in [-0.05, 0) is 106 Å². The van der Waals surface area contributed by atoms with Gasteiger partial charge in [-0.1, -0.05) is 200 Å². The Kier molecular flexibility index (Phi) is 10.4. The van der Waals surface area contributed by atoms with Crippen molar-refractivity contribution in [3.63, 3.8) is 0 Å². The van der Waals surface area contributed by atoms with E-state index in [1.807, 2.05) is 18.2 Å². The first-order valence-electron chi connectivity index (χ1n) is 25.1. The molecule has 3 aromatic heterocycles. The lowest BCUT2D eigenvalue weighted by atomic mass is 9.96. The summed E-state index contributed by atoms with van der Waals surface area (Å²) in [7, 11) is 0. The van der Waals surface area contributed by atoms with Crippen LogP contribution in [0.25, 0.3) is 134 Å².